The number of nitrogens with zero attached hydrogens (tertiary/aromatic N) is 1. The van der Waals surface area contributed by atoms with E-state index >= 15 is 0 Å². The van der Waals surface area contributed by atoms with Crippen LogP contribution in [0.5, 0.6) is 0 Å². The molecular formula is C21H15ClN2O3S2. The van der Waals surface area contributed by atoms with Gasteiger partial charge < -0.3 is 0 Å². The third kappa shape index (κ3) is 4.17. The highest BCUT2D eigenvalue weighted by molar-refractivity contribution is 7.90. The van der Waals surface area contributed by atoms with Gasteiger partial charge in [-0.15, -0.1) is 11.3 Å². The average Bonchev–Trinajstić information content (AvgIpc) is 3.15. The summed E-state index contributed by atoms with van der Waals surface area (Å²) < 4.78 is 23.5. The maximum absolute atomic E-state index is 12.6. The molecule has 8 heteroatoms. The van der Waals surface area contributed by atoms with Crippen LogP contribution in [0, 0.1) is 0 Å². The fraction of sp³-hybridized carbons (Fsp3) is 0.0476. The van der Waals surface area contributed by atoms with Gasteiger partial charge in [0.05, 0.1) is 21.2 Å². The molecule has 0 saturated carbocycles. The van der Waals surface area contributed by atoms with E-state index in [2.05, 4.69) is 10.3 Å². The van der Waals surface area contributed by atoms with E-state index in [4.69, 9.17) is 11.6 Å². The van der Waals surface area contributed by atoms with Crippen LogP contribution >= 0.6 is 22.9 Å². The first-order valence-corrected chi connectivity index (χ1v) is 11.7. The maximum atomic E-state index is 12.6. The summed E-state index contributed by atoms with van der Waals surface area (Å²) in [6, 6.07) is 18.1. The molecule has 0 aliphatic carbocycles. The zero-order valence-electron chi connectivity index (χ0n) is 15.2. The molecule has 1 N–H and O–H groups in total. The average molecular weight is 443 g/mol. The lowest BCUT2D eigenvalue weighted by Crippen LogP contribution is -2.13. The molecule has 4 aromatic rings. The number of carbonyl (C=O) groups excluding carboxylic acids is 1. The second-order valence-corrected chi connectivity index (χ2v) is 9.75. The smallest absolute Gasteiger partial charge is 0.259 e. The van der Waals surface area contributed by atoms with Crippen molar-refractivity contribution >= 4 is 54.6 Å². The van der Waals surface area contributed by atoms with Crippen molar-refractivity contribution in [1.29, 1.82) is 0 Å². The Kier molecular flexibility index (Phi) is 5.12. The second kappa shape index (κ2) is 7.59. The van der Waals surface area contributed by atoms with Crippen molar-refractivity contribution in [3.05, 3.63) is 76.6 Å². The number of amides is 1. The van der Waals surface area contributed by atoms with Gasteiger partial charge in [0.2, 0.25) is 0 Å². The summed E-state index contributed by atoms with van der Waals surface area (Å²) in [5.74, 6) is -0.514. The molecule has 0 unspecified atom stereocenters. The van der Waals surface area contributed by atoms with Crippen LogP contribution in [0.15, 0.2) is 70.9 Å². The molecule has 1 heterocycles. The first kappa shape index (κ1) is 19.6. The highest BCUT2D eigenvalue weighted by atomic mass is 35.5. The number of carbonyl (C=O) groups is 1. The summed E-state index contributed by atoms with van der Waals surface area (Å²) in [7, 11) is -3.45. The van der Waals surface area contributed by atoms with E-state index in [0.717, 1.165) is 28.3 Å². The zero-order chi connectivity index (χ0) is 20.6. The number of nitrogens with one attached hydrogen (secondary N) is 1. The minimum absolute atomic E-state index is 0.0306. The van der Waals surface area contributed by atoms with Crippen LogP contribution in [0.1, 0.15) is 10.4 Å². The molecule has 0 radical (unpaired) electrons. The number of fused-ring (bicyclic) bond motifs is 1. The molecule has 0 atom stereocenters. The lowest BCUT2D eigenvalue weighted by atomic mass is 10.1. The minimum atomic E-state index is -3.45. The minimum Gasteiger partial charge on any atom is -0.298 e. The fourth-order valence-corrected chi connectivity index (χ4v) is 4.45. The Hall–Kier alpha value is -2.74. The summed E-state index contributed by atoms with van der Waals surface area (Å²) in [6.45, 7) is 0. The van der Waals surface area contributed by atoms with E-state index in [0.29, 0.717) is 5.13 Å². The van der Waals surface area contributed by atoms with Crippen molar-refractivity contribution in [2.75, 3.05) is 11.6 Å². The van der Waals surface area contributed by atoms with Gasteiger partial charge in [0.15, 0.2) is 15.0 Å². The molecule has 29 heavy (non-hydrogen) atoms. The Morgan fingerprint density at radius 1 is 1.03 bits per heavy atom. The molecule has 0 aliphatic rings. The number of hydrogen-bond acceptors (Lipinski definition) is 5. The van der Waals surface area contributed by atoms with E-state index in [9.17, 15) is 13.2 Å². The van der Waals surface area contributed by atoms with Gasteiger partial charge in [-0.1, -0.05) is 48.0 Å². The van der Waals surface area contributed by atoms with E-state index in [1.54, 1.807) is 0 Å². The predicted octanol–water partition coefficient (Wildman–Crippen LogP) is 5.27. The summed E-state index contributed by atoms with van der Waals surface area (Å²) in [6.07, 6.45) is 1.08. The van der Waals surface area contributed by atoms with Gasteiger partial charge in [-0.2, -0.15) is 0 Å². The van der Waals surface area contributed by atoms with Crippen LogP contribution in [-0.2, 0) is 9.84 Å². The monoisotopic (exact) mass is 442 g/mol. The number of rotatable bonds is 4. The molecule has 0 spiro atoms. The highest BCUT2D eigenvalue weighted by Crippen LogP contribution is 2.29. The topological polar surface area (TPSA) is 76.1 Å². The second-order valence-electron chi connectivity index (χ2n) is 6.47. The number of sulfone groups is 1. The van der Waals surface area contributed by atoms with Crippen LogP contribution < -0.4 is 5.32 Å². The van der Waals surface area contributed by atoms with Crippen molar-refractivity contribution in [2.24, 2.45) is 0 Å². The quantitative estimate of drug-likeness (QED) is 0.467. The van der Waals surface area contributed by atoms with E-state index in [1.807, 2.05) is 47.8 Å². The Labute approximate surface area is 176 Å². The molecule has 0 fully saturated rings. The standard InChI is InChI=1S/C21H15ClN2O3S2/c1-29(26,27)16-8-9-18(22)17(11-16)20(25)24-21-23-19(12-28-21)15-7-6-13-4-2-3-5-14(13)10-15/h2-12H,1H3,(H,23,24,25). The Morgan fingerprint density at radius 3 is 2.55 bits per heavy atom. The van der Waals surface area contributed by atoms with Crippen LogP contribution in [0.25, 0.3) is 22.0 Å². The molecule has 0 saturated heterocycles. The number of aromatic nitrogens is 1. The number of hydrogen-bond donors (Lipinski definition) is 1. The van der Waals surface area contributed by atoms with Gasteiger partial charge in [-0.05, 0) is 35.0 Å². The molecule has 0 bridgehead atoms. The highest BCUT2D eigenvalue weighted by Gasteiger charge is 2.17. The van der Waals surface area contributed by atoms with Crippen LogP contribution in [0.2, 0.25) is 5.02 Å². The number of benzene rings is 3. The predicted molar refractivity (Wildman–Crippen MR) is 118 cm³/mol. The number of halogens is 1. The Balaban J connectivity index is 1.60. The van der Waals surface area contributed by atoms with Crippen molar-refractivity contribution < 1.29 is 13.2 Å². The van der Waals surface area contributed by atoms with Crippen molar-refractivity contribution in [2.45, 2.75) is 4.90 Å². The molecule has 0 aliphatic heterocycles. The van der Waals surface area contributed by atoms with Gasteiger partial charge in [0.25, 0.3) is 5.91 Å². The van der Waals surface area contributed by atoms with Gasteiger partial charge in [0, 0.05) is 17.2 Å². The van der Waals surface area contributed by atoms with Gasteiger partial charge in [-0.25, -0.2) is 13.4 Å². The first-order chi connectivity index (χ1) is 13.8. The van der Waals surface area contributed by atoms with Crippen LogP contribution in [0.4, 0.5) is 5.13 Å². The molecule has 146 valence electrons. The fourth-order valence-electron chi connectivity index (χ4n) is 2.89. The van der Waals surface area contributed by atoms with Crippen molar-refractivity contribution in [1.82, 2.24) is 4.98 Å². The van der Waals surface area contributed by atoms with Crippen LogP contribution in [-0.4, -0.2) is 25.6 Å². The Morgan fingerprint density at radius 2 is 1.79 bits per heavy atom. The normalized spacial score (nSPS) is 11.5. The zero-order valence-corrected chi connectivity index (χ0v) is 17.6. The van der Waals surface area contributed by atoms with E-state index < -0.39 is 15.7 Å². The van der Waals surface area contributed by atoms with E-state index in [-0.39, 0.29) is 15.5 Å². The molecule has 1 amide bonds. The lowest BCUT2D eigenvalue weighted by molar-refractivity contribution is 0.102. The Bertz CT molecular complexity index is 1350. The van der Waals surface area contributed by atoms with E-state index in [1.165, 1.54) is 29.5 Å². The van der Waals surface area contributed by atoms with Crippen molar-refractivity contribution in [3.8, 4) is 11.3 Å². The van der Waals surface area contributed by atoms with Gasteiger partial charge in [-0.3, -0.25) is 10.1 Å². The van der Waals surface area contributed by atoms with Crippen LogP contribution in [0.3, 0.4) is 0 Å². The lowest BCUT2D eigenvalue weighted by Gasteiger charge is -2.06. The summed E-state index contributed by atoms with van der Waals surface area (Å²) >= 11 is 7.38. The summed E-state index contributed by atoms with van der Waals surface area (Å²) in [4.78, 5) is 17.1. The molecule has 4 rings (SSSR count). The van der Waals surface area contributed by atoms with Gasteiger partial charge >= 0.3 is 0 Å². The summed E-state index contributed by atoms with van der Waals surface area (Å²) in [5, 5.41) is 7.36. The largest absolute Gasteiger partial charge is 0.298 e. The molecule has 1 aromatic heterocycles. The van der Waals surface area contributed by atoms with Gasteiger partial charge in [0.1, 0.15) is 0 Å². The third-order valence-electron chi connectivity index (χ3n) is 4.38. The molecule has 5 nitrogen and oxygen atoms in total. The van der Waals surface area contributed by atoms with Crippen molar-refractivity contribution in [3.63, 3.8) is 0 Å². The molecule has 3 aromatic carbocycles. The SMILES string of the molecule is CS(=O)(=O)c1ccc(Cl)c(C(=O)Nc2nc(-c3ccc4ccccc4c3)cs2)c1. The number of anilines is 1. The third-order valence-corrected chi connectivity index (χ3v) is 6.58. The summed E-state index contributed by atoms with van der Waals surface area (Å²) in [5.41, 5.74) is 1.77. The molecular weight excluding hydrogens is 428 g/mol. The first-order valence-electron chi connectivity index (χ1n) is 8.57. The number of thiazole rings is 1. The maximum Gasteiger partial charge on any atom is 0.259 e.